The summed E-state index contributed by atoms with van der Waals surface area (Å²) in [4.78, 5) is 43.6. The van der Waals surface area contributed by atoms with E-state index in [2.05, 4.69) is 10.3 Å². The van der Waals surface area contributed by atoms with Crippen LogP contribution in [-0.2, 0) is 9.59 Å². The summed E-state index contributed by atoms with van der Waals surface area (Å²) in [6.07, 6.45) is 1.72. The number of hydrogen-bond acceptors (Lipinski definition) is 5. The molecule has 1 saturated heterocycles. The van der Waals surface area contributed by atoms with Gasteiger partial charge in [0.25, 0.3) is 11.8 Å². The smallest absolute Gasteiger partial charge is 0.279 e. The van der Waals surface area contributed by atoms with Crippen molar-refractivity contribution in [2.24, 2.45) is 4.99 Å². The molecule has 1 aliphatic heterocycles. The van der Waals surface area contributed by atoms with Crippen molar-refractivity contribution in [3.05, 3.63) is 94.9 Å². The van der Waals surface area contributed by atoms with E-state index in [0.717, 1.165) is 17.3 Å². The number of anilines is 2. The highest BCUT2D eigenvalue weighted by Gasteiger charge is 2.36. The minimum Gasteiger partial charge on any atom is -0.495 e. The van der Waals surface area contributed by atoms with Crippen LogP contribution in [0.5, 0.6) is 5.75 Å². The summed E-state index contributed by atoms with van der Waals surface area (Å²) in [5, 5.41) is 2.95. The lowest BCUT2D eigenvalue weighted by molar-refractivity contribution is -0.114. The molecule has 0 atom stereocenters. The van der Waals surface area contributed by atoms with Gasteiger partial charge < -0.3 is 10.1 Å². The standard InChI is InChI=1S/C26H21N3O4S/c1-17(30)27-20-14-12-18(13-15-20)16-23-25(32)29(21-10-6-7-11-22(21)33-2)26(34-23)28-24(31)19-8-4-3-5-9-19/h3-16H,1-2H3,(H,27,30)/b23-16+,28-26?. The van der Waals surface area contributed by atoms with Crippen molar-refractivity contribution < 1.29 is 19.1 Å². The number of benzene rings is 3. The fourth-order valence-corrected chi connectivity index (χ4v) is 4.30. The summed E-state index contributed by atoms with van der Waals surface area (Å²) in [5.74, 6) is -0.446. The maximum Gasteiger partial charge on any atom is 0.279 e. The molecule has 4 rings (SSSR count). The highest BCUT2D eigenvalue weighted by molar-refractivity contribution is 8.19. The van der Waals surface area contributed by atoms with Gasteiger partial charge in [-0.25, -0.2) is 0 Å². The molecule has 0 bridgehead atoms. The number of para-hydroxylation sites is 2. The van der Waals surface area contributed by atoms with Crippen molar-refractivity contribution in [3.8, 4) is 5.75 Å². The van der Waals surface area contributed by atoms with Crippen LogP contribution in [0.1, 0.15) is 22.8 Å². The zero-order valence-electron chi connectivity index (χ0n) is 18.5. The van der Waals surface area contributed by atoms with E-state index in [1.54, 1.807) is 78.9 Å². The zero-order valence-corrected chi connectivity index (χ0v) is 19.3. The van der Waals surface area contributed by atoms with Crippen molar-refractivity contribution in [2.75, 3.05) is 17.3 Å². The normalized spacial score (nSPS) is 15.6. The molecule has 0 aromatic heterocycles. The predicted octanol–water partition coefficient (Wildman–Crippen LogP) is 4.97. The summed E-state index contributed by atoms with van der Waals surface area (Å²) in [5.41, 5.74) is 2.34. The summed E-state index contributed by atoms with van der Waals surface area (Å²) >= 11 is 1.11. The van der Waals surface area contributed by atoms with E-state index in [9.17, 15) is 14.4 Å². The van der Waals surface area contributed by atoms with Gasteiger partial charge in [0.15, 0.2) is 5.17 Å². The second-order valence-corrected chi connectivity index (χ2v) is 8.30. The number of nitrogens with one attached hydrogen (secondary N) is 1. The molecule has 170 valence electrons. The van der Waals surface area contributed by atoms with Crippen molar-refractivity contribution >= 4 is 52.1 Å². The molecule has 1 fully saturated rings. The van der Waals surface area contributed by atoms with Gasteiger partial charge >= 0.3 is 0 Å². The fraction of sp³-hybridized carbons (Fsp3) is 0.0769. The van der Waals surface area contributed by atoms with E-state index >= 15 is 0 Å². The number of hydrogen-bond donors (Lipinski definition) is 1. The van der Waals surface area contributed by atoms with Crippen LogP contribution < -0.4 is 15.0 Å². The maximum absolute atomic E-state index is 13.5. The number of thioether (sulfide) groups is 1. The molecule has 0 unspecified atom stereocenters. The van der Waals surface area contributed by atoms with Crippen LogP contribution in [0, 0.1) is 0 Å². The molecule has 0 radical (unpaired) electrons. The van der Waals surface area contributed by atoms with E-state index < -0.39 is 5.91 Å². The number of amidine groups is 1. The topological polar surface area (TPSA) is 88.1 Å². The molecule has 1 N–H and O–H groups in total. The molecule has 3 aromatic carbocycles. The number of nitrogens with zero attached hydrogens (tertiary/aromatic N) is 2. The van der Waals surface area contributed by atoms with E-state index in [-0.39, 0.29) is 17.0 Å². The Morgan fingerprint density at radius 2 is 1.65 bits per heavy atom. The van der Waals surface area contributed by atoms with Gasteiger partial charge in [-0.1, -0.05) is 42.5 Å². The van der Waals surface area contributed by atoms with Crippen molar-refractivity contribution in [2.45, 2.75) is 6.92 Å². The lowest BCUT2D eigenvalue weighted by Crippen LogP contribution is -2.29. The first-order valence-corrected chi connectivity index (χ1v) is 11.2. The Morgan fingerprint density at radius 3 is 2.32 bits per heavy atom. The Labute approximate surface area is 201 Å². The minimum absolute atomic E-state index is 0.163. The Bertz CT molecular complexity index is 1300. The molecule has 0 spiro atoms. The third-order valence-corrected chi connectivity index (χ3v) is 5.85. The summed E-state index contributed by atoms with van der Waals surface area (Å²) in [6.45, 7) is 1.44. The van der Waals surface area contributed by atoms with Crippen molar-refractivity contribution in [1.29, 1.82) is 0 Å². The Balaban J connectivity index is 1.72. The van der Waals surface area contributed by atoms with E-state index in [1.807, 2.05) is 6.07 Å². The van der Waals surface area contributed by atoms with Crippen LogP contribution in [0.3, 0.4) is 0 Å². The Hall–Kier alpha value is -4.17. The number of rotatable bonds is 5. The van der Waals surface area contributed by atoms with Crippen LogP contribution in [0.15, 0.2) is 88.8 Å². The van der Waals surface area contributed by atoms with Gasteiger partial charge in [-0.05, 0) is 59.8 Å². The number of aliphatic imine (C=N–C) groups is 1. The predicted molar refractivity (Wildman–Crippen MR) is 135 cm³/mol. The average Bonchev–Trinajstić information content (AvgIpc) is 3.14. The molecule has 1 heterocycles. The van der Waals surface area contributed by atoms with Gasteiger partial charge in [-0.2, -0.15) is 4.99 Å². The molecule has 1 aliphatic rings. The van der Waals surface area contributed by atoms with Gasteiger partial charge in [-0.15, -0.1) is 0 Å². The van der Waals surface area contributed by atoms with Crippen LogP contribution in [0.25, 0.3) is 6.08 Å². The number of amides is 3. The first-order valence-electron chi connectivity index (χ1n) is 10.4. The van der Waals surface area contributed by atoms with Crippen LogP contribution in [-0.4, -0.2) is 30.0 Å². The number of methoxy groups -OCH3 is 1. The van der Waals surface area contributed by atoms with E-state index in [1.165, 1.54) is 18.9 Å². The summed E-state index contributed by atoms with van der Waals surface area (Å²) in [6, 6.07) is 22.9. The number of carbonyl (C=O) groups excluding carboxylic acids is 3. The second-order valence-electron chi connectivity index (χ2n) is 7.29. The van der Waals surface area contributed by atoms with Gasteiger partial charge in [0.2, 0.25) is 5.91 Å². The summed E-state index contributed by atoms with van der Waals surface area (Å²) < 4.78 is 5.45. The summed E-state index contributed by atoms with van der Waals surface area (Å²) in [7, 11) is 1.52. The van der Waals surface area contributed by atoms with Gasteiger partial charge in [0.1, 0.15) is 5.75 Å². The van der Waals surface area contributed by atoms with Crippen LogP contribution in [0.2, 0.25) is 0 Å². The fourth-order valence-electron chi connectivity index (χ4n) is 3.33. The first kappa shape index (κ1) is 23.0. The Morgan fingerprint density at radius 1 is 0.971 bits per heavy atom. The highest BCUT2D eigenvalue weighted by atomic mass is 32.2. The molecule has 34 heavy (non-hydrogen) atoms. The molecular weight excluding hydrogens is 450 g/mol. The molecule has 3 aromatic rings. The van der Waals surface area contributed by atoms with Crippen molar-refractivity contribution in [1.82, 2.24) is 0 Å². The van der Waals surface area contributed by atoms with E-state index in [4.69, 9.17) is 4.74 Å². The third-order valence-electron chi connectivity index (χ3n) is 4.88. The monoisotopic (exact) mass is 471 g/mol. The Kier molecular flexibility index (Phi) is 6.89. The average molecular weight is 472 g/mol. The third kappa shape index (κ3) is 5.07. The molecule has 0 saturated carbocycles. The van der Waals surface area contributed by atoms with E-state index in [0.29, 0.717) is 27.6 Å². The number of carbonyl (C=O) groups is 3. The molecule has 8 heteroatoms. The zero-order chi connectivity index (χ0) is 24.1. The molecule has 0 aliphatic carbocycles. The SMILES string of the molecule is COc1ccccc1N1C(=O)/C(=C\c2ccc(NC(C)=O)cc2)SC1=NC(=O)c1ccccc1. The quantitative estimate of drug-likeness (QED) is 0.531. The molecule has 7 nitrogen and oxygen atoms in total. The molecule has 3 amide bonds. The highest BCUT2D eigenvalue weighted by Crippen LogP contribution is 2.40. The van der Waals surface area contributed by atoms with Crippen molar-refractivity contribution in [3.63, 3.8) is 0 Å². The van der Waals surface area contributed by atoms with Gasteiger partial charge in [-0.3, -0.25) is 19.3 Å². The number of ether oxygens (including phenoxy) is 1. The lowest BCUT2D eigenvalue weighted by atomic mass is 10.2. The largest absolute Gasteiger partial charge is 0.495 e. The van der Waals surface area contributed by atoms with Crippen LogP contribution in [0.4, 0.5) is 11.4 Å². The maximum atomic E-state index is 13.5. The minimum atomic E-state index is -0.447. The van der Waals surface area contributed by atoms with Crippen LogP contribution >= 0.6 is 11.8 Å². The van der Waals surface area contributed by atoms with Gasteiger partial charge in [0.05, 0.1) is 17.7 Å². The second kappa shape index (κ2) is 10.2. The first-order chi connectivity index (χ1) is 16.5. The lowest BCUT2D eigenvalue weighted by Gasteiger charge is -2.18. The van der Waals surface area contributed by atoms with Gasteiger partial charge in [0, 0.05) is 18.2 Å². The molecular formula is C26H21N3O4S.